The number of piperidine rings is 1. The van der Waals surface area contributed by atoms with Crippen LogP contribution in [0, 0.1) is 12.0 Å². The lowest BCUT2D eigenvalue weighted by Gasteiger charge is -2.24. The third-order valence-electron chi connectivity index (χ3n) is 2.30. The molecule has 2 nitrogen and oxygen atoms in total. The van der Waals surface area contributed by atoms with Crippen molar-refractivity contribution in [2.45, 2.75) is 12.8 Å². The van der Waals surface area contributed by atoms with Crippen LogP contribution in [0.5, 0.6) is 0 Å². The Labute approximate surface area is 56.0 Å². The summed E-state index contributed by atoms with van der Waals surface area (Å²) < 4.78 is 0. The molecular weight excluding hydrogens is 112 g/mol. The van der Waals surface area contributed by atoms with Crippen LogP contribution in [-0.2, 0) is 0 Å². The molecule has 2 aliphatic rings. The monoisotopic (exact) mass is 125 g/mol. The van der Waals surface area contributed by atoms with Crippen molar-refractivity contribution in [3.8, 4) is 0 Å². The molecule has 1 unspecified atom stereocenters. The Morgan fingerprint density at radius 2 is 2.33 bits per heavy atom. The molecule has 0 amide bonds. The van der Waals surface area contributed by atoms with Gasteiger partial charge in [-0.2, -0.15) is 0 Å². The zero-order chi connectivity index (χ0) is 6.10. The van der Waals surface area contributed by atoms with Gasteiger partial charge in [0.1, 0.15) is 0 Å². The van der Waals surface area contributed by atoms with Crippen LogP contribution in [0.25, 0.3) is 0 Å². The maximum absolute atomic E-state index is 3.44. The second kappa shape index (κ2) is 2.27. The number of fused-ring (bicyclic) bond motifs is 1. The molecule has 2 saturated heterocycles. The van der Waals surface area contributed by atoms with E-state index >= 15 is 0 Å². The van der Waals surface area contributed by atoms with Crippen molar-refractivity contribution in [3.63, 3.8) is 0 Å². The van der Waals surface area contributed by atoms with E-state index in [-0.39, 0.29) is 0 Å². The van der Waals surface area contributed by atoms with Crippen LogP contribution in [0.2, 0.25) is 0 Å². The molecule has 0 aromatic carbocycles. The SMILES string of the molecule is C1C[C]2NCCC2CN1. The molecule has 0 bridgehead atoms. The molecule has 0 aliphatic carbocycles. The highest BCUT2D eigenvalue weighted by molar-refractivity contribution is 5.03. The number of hydrogen-bond donors (Lipinski definition) is 2. The molecule has 51 valence electrons. The van der Waals surface area contributed by atoms with E-state index in [1.54, 1.807) is 6.04 Å². The Morgan fingerprint density at radius 3 is 3.22 bits per heavy atom. The molecule has 1 atom stereocenters. The van der Waals surface area contributed by atoms with Gasteiger partial charge in [-0.3, -0.25) is 0 Å². The van der Waals surface area contributed by atoms with Gasteiger partial charge in [-0.15, -0.1) is 0 Å². The summed E-state index contributed by atoms with van der Waals surface area (Å²) in [6, 6.07) is 1.61. The van der Waals surface area contributed by atoms with Crippen LogP contribution in [0.3, 0.4) is 0 Å². The Bertz CT molecular complexity index is 91.1. The summed E-state index contributed by atoms with van der Waals surface area (Å²) >= 11 is 0. The van der Waals surface area contributed by atoms with Crippen LogP contribution in [0.15, 0.2) is 0 Å². The van der Waals surface area contributed by atoms with E-state index in [4.69, 9.17) is 0 Å². The molecular formula is C7H13N2. The molecule has 2 heteroatoms. The molecule has 2 aliphatic heterocycles. The summed E-state index contributed by atoms with van der Waals surface area (Å²) in [5, 5.41) is 6.83. The smallest absolute Gasteiger partial charge is 0.0421 e. The van der Waals surface area contributed by atoms with Gasteiger partial charge in [0.05, 0.1) is 0 Å². The fourth-order valence-electron chi connectivity index (χ4n) is 1.74. The Morgan fingerprint density at radius 1 is 1.33 bits per heavy atom. The largest absolute Gasteiger partial charge is 0.316 e. The van der Waals surface area contributed by atoms with Gasteiger partial charge in [0.15, 0.2) is 0 Å². The van der Waals surface area contributed by atoms with E-state index in [0.29, 0.717) is 0 Å². The normalized spacial score (nSPS) is 36.7. The zero-order valence-electron chi connectivity index (χ0n) is 5.61. The maximum atomic E-state index is 3.44. The standard InChI is InChI=1S/C7H13N2/c1-4-9-7-2-3-8-5-6(1)7/h6,8-9H,1-5H2. The summed E-state index contributed by atoms with van der Waals surface area (Å²) in [4.78, 5) is 0. The second-order valence-electron chi connectivity index (χ2n) is 2.89. The molecule has 2 heterocycles. The van der Waals surface area contributed by atoms with Gasteiger partial charge in [0.2, 0.25) is 0 Å². The van der Waals surface area contributed by atoms with Crippen molar-refractivity contribution < 1.29 is 0 Å². The summed E-state index contributed by atoms with van der Waals surface area (Å²) in [5.41, 5.74) is 0. The molecule has 0 spiro atoms. The van der Waals surface area contributed by atoms with Crippen molar-refractivity contribution in [1.82, 2.24) is 10.6 Å². The van der Waals surface area contributed by atoms with E-state index in [1.165, 1.54) is 32.5 Å². The first-order valence-electron chi connectivity index (χ1n) is 3.77. The quantitative estimate of drug-likeness (QED) is 0.480. The highest BCUT2D eigenvalue weighted by atomic mass is 15.0. The van der Waals surface area contributed by atoms with Crippen LogP contribution < -0.4 is 10.6 Å². The van der Waals surface area contributed by atoms with Gasteiger partial charge < -0.3 is 10.6 Å². The highest BCUT2D eigenvalue weighted by Crippen LogP contribution is 2.25. The molecule has 0 saturated carbocycles. The molecule has 0 aromatic heterocycles. The minimum absolute atomic E-state index is 0.860. The van der Waals surface area contributed by atoms with Crippen molar-refractivity contribution in [1.29, 1.82) is 0 Å². The molecule has 2 N–H and O–H groups in total. The van der Waals surface area contributed by atoms with E-state index in [9.17, 15) is 0 Å². The molecule has 2 fully saturated rings. The Balaban J connectivity index is 1.97. The first-order chi connectivity index (χ1) is 4.47. The van der Waals surface area contributed by atoms with Gasteiger partial charge in [-0.1, -0.05) is 0 Å². The predicted octanol–water partition coefficient (Wildman–Crippen LogP) is 0.121. The summed E-state index contributed by atoms with van der Waals surface area (Å²) in [6.45, 7) is 3.60. The third-order valence-corrected chi connectivity index (χ3v) is 2.30. The van der Waals surface area contributed by atoms with Gasteiger partial charge in [-0.25, -0.2) is 0 Å². The topological polar surface area (TPSA) is 24.1 Å². The third kappa shape index (κ3) is 0.970. The molecule has 2 rings (SSSR count). The van der Waals surface area contributed by atoms with E-state index in [0.717, 1.165) is 5.92 Å². The Hall–Kier alpha value is -0.0800. The first-order valence-corrected chi connectivity index (χ1v) is 3.77. The minimum Gasteiger partial charge on any atom is -0.316 e. The van der Waals surface area contributed by atoms with E-state index in [1.807, 2.05) is 0 Å². The van der Waals surface area contributed by atoms with Crippen LogP contribution in [0.4, 0.5) is 0 Å². The summed E-state index contributed by atoms with van der Waals surface area (Å²) in [7, 11) is 0. The van der Waals surface area contributed by atoms with Crippen molar-refractivity contribution in [3.05, 3.63) is 6.04 Å². The fourth-order valence-corrected chi connectivity index (χ4v) is 1.74. The zero-order valence-corrected chi connectivity index (χ0v) is 5.61. The second-order valence-corrected chi connectivity index (χ2v) is 2.89. The lowest BCUT2D eigenvalue weighted by Crippen LogP contribution is -2.35. The van der Waals surface area contributed by atoms with E-state index in [2.05, 4.69) is 10.6 Å². The average Bonchev–Trinajstić information content (AvgIpc) is 2.33. The number of hydrogen-bond acceptors (Lipinski definition) is 2. The van der Waals surface area contributed by atoms with Crippen molar-refractivity contribution >= 4 is 0 Å². The number of nitrogens with one attached hydrogen (secondary N) is 2. The summed E-state index contributed by atoms with van der Waals surface area (Å²) in [6.07, 6.45) is 2.60. The van der Waals surface area contributed by atoms with Crippen molar-refractivity contribution in [2.75, 3.05) is 19.6 Å². The van der Waals surface area contributed by atoms with Crippen LogP contribution >= 0.6 is 0 Å². The molecule has 0 aromatic rings. The lowest BCUT2D eigenvalue weighted by atomic mass is 9.95. The first kappa shape index (κ1) is 5.69. The van der Waals surface area contributed by atoms with Crippen LogP contribution in [-0.4, -0.2) is 19.6 Å². The average molecular weight is 125 g/mol. The fraction of sp³-hybridized carbons (Fsp3) is 0.857. The summed E-state index contributed by atoms with van der Waals surface area (Å²) in [5.74, 6) is 0.860. The van der Waals surface area contributed by atoms with Crippen LogP contribution in [0.1, 0.15) is 12.8 Å². The minimum atomic E-state index is 0.860. The predicted molar refractivity (Wildman–Crippen MR) is 36.8 cm³/mol. The van der Waals surface area contributed by atoms with Gasteiger partial charge in [0, 0.05) is 6.04 Å². The van der Waals surface area contributed by atoms with Crippen molar-refractivity contribution in [2.24, 2.45) is 5.92 Å². The van der Waals surface area contributed by atoms with E-state index < -0.39 is 0 Å². The van der Waals surface area contributed by atoms with Gasteiger partial charge in [-0.05, 0) is 38.4 Å². The highest BCUT2D eigenvalue weighted by Gasteiger charge is 2.29. The van der Waals surface area contributed by atoms with Gasteiger partial charge in [0.25, 0.3) is 0 Å². The van der Waals surface area contributed by atoms with Gasteiger partial charge >= 0.3 is 0 Å². The molecule has 1 radical (unpaired) electrons. The Kier molecular flexibility index (Phi) is 1.44. The lowest BCUT2D eigenvalue weighted by molar-refractivity contribution is 0.429. The maximum Gasteiger partial charge on any atom is 0.0421 e. The number of rotatable bonds is 0. The molecule has 9 heavy (non-hydrogen) atoms.